The van der Waals surface area contributed by atoms with Crippen LogP contribution in [0.1, 0.15) is 45.1 Å². The number of rotatable bonds is 2. The molecule has 1 heterocycles. The first-order chi connectivity index (χ1) is 11.7. The summed E-state index contributed by atoms with van der Waals surface area (Å²) in [5, 5.41) is 3.86. The molecule has 0 aromatic heterocycles. The van der Waals surface area contributed by atoms with Crippen molar-refractivity contribution in [3.05, 3.63) is 57.4 Å². The molecule has 0 saturated heterocycles. The molecule has 0 spiro atoms. The topological polar surface area (TPSA) is 55.4 Å². The fourth-order valence-corrected chi connectivity index (χ4v) is 4.03. The third-order valence-corrected chi connectivity index (χ3v) is 5.06. The molecule has 3 rings (SSSR count). The van der Waals surface area contributed by atoms with Gasteiger partial charge in [-0.2, -0.15) is 0 Å². The second kappa shape index (κ2) is 6.34. The highest BCUT2D eigenvalue weighted by molar-refractivity contribution is 6.30. The SMILES string of the molecule is COC(=O)C1=C(C)NC2=C(C(=O)CC(C)(C)C2)[C@H]1c1cccc(Cl)c1. The normalized spacial score (nSPS) is 22.4. The van der Waals surface area contributed by atoms with Crippen molar-refractivity contribution in [1.82, 2.24) is 5.32 Å². The summed E-state index contributed by atoms with van der Waals surface area (Å²) in [5.74, 6) is -0.817. The van der Waals surface area contributed by atoms with E-state index in [2.05, 4.69) is 19.2 Å². The minimum Gasteiger partial charge on any atom is -0.466 e. The number of dihydropyridines is 1. The van der Waals surface area contributed by atoms with Crippen molar-refractivity contribution in [2.24, 2.45) is 5.41 Å². The van der Waals surface area contributed by atoms with Gasteiger partial charge in [-0.1, -0.05) is 37.6 Å². The summed E-state index contributed by atoms with van der Waals surface area (Å²) in [6.45, 7) is 6.01. The van der Waals surface area contributed by atoms with Gasteiger partial charge in [-0.15, -0.1) is 0 Å². The molecule has 0 unspecified atom stereocenters. The number of hydrogen-bond donors (Lipinski definition) is 1. The Morgan fingerprint density at radius 1 is 1.32 bits per heavy atom. The van der Waals surface area contributed by atoms with Crippen molar-refractivity contribution in [3.8, 4) is 0 Å². The van der Waals surface area contributed by atoms with Crippen molar-refractivity contribution >= 4 is 23.4 Å². The van der Waals surface area contributed by atoms with Crippen LogP contribution in [0, 0.1) is 5.41 Å². The van der Waals surface area contributed by atoms with Crippen LogP contribution in [0.25, 0.3) is 0 Å². The van der Waals surface area contributed by atoms with Crippen LogP contribution < -0.4 is 5.32 Å². The lowest BCUT2D eigenvalue weighted by atomic mass is 9.68. The number of methoxy groups -OCH3 is 1. The summed E-state index contributed by atoms with van der Waals surface area (Å²) in [7, 11) is 1.35. The molecule has 1 aliphatic heterocycles. The molecular weight excluding hydrogens is 338 g/mol. The van der Waals surface area contributed by atoms with Crippen LogP contribution in [0.5, 0.6) is 0 Å². The smallest absolute Gasteiger partial charge is 0.336 e. The van der Waals surface area contributed by atoms with Gasteiger partial charge >= 0.3 is 5.97 Å². The van der Waals surface area contributed by atoms with Crippen LogP contribution in [0.15, 0.2) is 46.8 Å². The van der Waals surface area contributed by atoms with E-state index < -0.39 is 11.9 Å². The lowest BCUT2D eigenvalue weighted by molar-refractivity contribution is -0.136. The van der Waals surface area contributed by atoms with Crippen molar-refractivity contribution in [1.29, 1.82) is 0 Å². The monoisotopic (exact) mass is 359 g/mol. The van der Waals surface area contributed by atoms with Gasteiger partial charge in [-0.25, -0.2) is 4.79 Å². The van der Waals surface area contributed by atoms with Gasteiger partial charge in [0.2, 0.25) is 0 Å². The summed E-state index contributed by atoms with van der Waals surface area (Å²) in [4.78, 5) is 25.4. The number of ketones is 1. The summed E-state index contributed by atoms with van der Waals surface area (Å²) in [6, 6.07) is 7.32. The molecule has 1 aromatic carbocycles. The average Bonchev–Trinajstić information content (AvgIpc) is 2.51. The van der Waals surface area contributed by atoms with Crippen LogP contribution in [-0.2, 0) is 14.3 Å². The average molecular weight is 360 g/mol. The summed E-state index contributed by atoms with van der Waals surface area (Å²) < 4.78 is 4.99. The molecule has 4 nitrogen and oxygen atoms in total. The number of nitrogens with one attached hydrogen (secondary N) is 1. The Morgan fingerprint density at radius 2 is 2.04 bits per heavy atom. The molecule has 0 radical (unpaired) electrons. The fraction of sp³-hybridized carbons (Fsp3) is 0.400. The van der Waals surface area contributed by atoms with Crippen LogP contribution in [0.4, 0.5) is 0 Å². The Balaban J connectivity index is 2.21. The van der Waals surface area contributed by atoms with Gasteiger partial charge in [-0.05, 0) is 36.5 Å². The van der Waals surface area contributed by atoms with Gasteiger partial charge in [0, 0.05) is 34.3 Å². The quantitative estimate of drug-likeness (QED) is 0.807. The molecule has 1 aliphatic carbocycles. The molecule has 0 amide bonds. The van der Waals surface area contributed by atoms with Gasteiger partial charge in [0.15, 0.2) is 5.78 Å². The first-order valence-corrected chi connectivity index (χ1v) is 8.69. The number of Topliss-reactive ketones (excluding diaryl/α,β-unsaturated/α-hetero) is 1. The molecule has 2 aliphatic rings. The molecular formula is C20H22ClNO3. The highest BCUT2D eigenvalue weighted by Gasteiger charge is 2.42. The maximum absolute atomic E-state index is 13.0. The second-order valence-electron chi connectivity index (χ2n) is 7.48. The highest BCUT2D eigenvalue weighted by Crippen LogP contribution is 2.46. The van der Waals surface area contributed by atoms with Crippen molar-refractivity contribution < 1.29 is 14.3 Å². The number of hydrogen-bond acceptors (Lipinski definition) is 4. The Hall–Kier alpha value is -2.07. The molecule has 5 heteroatoms. The predicted octanol–water partition coefficient (Wildman–Crippen LogP) is 4.12. The lowest BCUT2D eigenvalue weighted by Crippen LogP contribution is -2.38. The second-order valence-corrected chi connectivity index (χ2v) is 7.91. The zero-order chi connectivity index (χ0) is 18.4. The molecule has 132 valence electrons. The van der Waals surface area contributed by atoms with Gasteiger partial charge in [0.1, 0.15) is 0 Å². The molecule has 0 fully saturated rings. The van der Waals surface area contributed by atoms with E-state index >= 15 is 0 Å². The minimum atomic E-state index is -0.453. The Morgan fingerprint density at radius 3 is 2.68 bits per heavy atom. The minimum absolute atomic E-state index is 0.0672. The maximum Gasteiger partial charge on any atom is 0.336 e. The summed E-state index contributed by atoms with van der Waals surface area (Å²) >= 11 is 6.17. The van der Waals surface area contributed by atoms with E-state index in [0.717, 1.165) is 23.4 Å². The highest BCUT2D eigenvalue weighted by atomic mass is 35.5. The number of ether oxygens (including phenoxy) is 1. The predicted molar refractivity (Wildman–Crippen MR) is 97.1 cm³/mol. The van der Waals surface area contributed by atoms with E-state index in [1.54, 1.807) is 6.07 Å². The van der Waals surface area contributed by atoms with Crippen LogP contribution >= 0.6 is 11.6 Å². The number of allylic oxidation sites excluding steroid dienone is 3. The van der Waals surface area contributed by atoms with E-state index in [4.69, 9.17) is 16.3 Å². The van der Waals surface area contributed by atoms with E-state index in [1.807, 2.05) is 25.1 Å². The standard InChI is InChI=1S/C20H22ClNO3/c1-11-16(19(24)25-4)17(12-6-5-7-13(21)8-12)18-14(22-11)9-20(2,3)10-15(18)23/h5-8,17,22H,9-10H2,1-4H3/t17-/m0/s1. The molecule has 0 saturated carbocycles. The molecule has 1 atom stereocenters. The van der Waals surface area contributed by atoms with Crippen molar-refractivity contribution in [2.75, 3.05) is 7.11 Å². The fourth-order valence-electron chi connectivity index (χ4n) is 3.84. The molecule has 1 aromatic rings. The number of esters is 1. The first-order valence-electron chi connectivity index (χ1n) is 8.31. The largest absolute Gasteiger partial charge is 0.466 e. The van der Waals surface area contributed by atoms with E-state index in [-0.39, 0.29) is 11.2 Å². The van der Waals surface area contributed by atoms with Gasteiger partial charge in [0.25, 0.3) is 0 Å². The van der Waals surface area contributed by atoms with Crippen LogP contribution in [0.2, 0.25) is 5.02 Å². The Bertz CT molecular complexity index is 820. The van der Waals surface area contributed by atoms with Gasteiger partial charge < -0.3 is 10.1 Å². The van der Waals surface area contributed by atoms with Crippen LogP contribution in [-0.4, -0.2) is 18.9 Å². The number of benzene rings is 1. The molecule has 25 heavy (non-hydrogen) atoms. The third kappa shape index (κ3) is 3.23. The number of carbonyl (C=O) groups excluding carboxylic acids is 2. The number of carbonyl (C=O) groups is 2. The Kier molecular flexibility index (Phi) is 4.50. The van der Waals surface area contributed by atoms with E-state index in [9.17, 15) is 9.59 Å². The Labute approximate surface area is 152 Å². The first kappa shape index (κ1) is 17.7. The zero-order valence-corrected chi connectivity index (χ0v) is 15.7. The van der Waals surface area contributed by atoms with Crippen LogP contribution in [0.3, 0.4) is 0 Å². The third-order valence-electron chi connectivity index (χ3n) is 4.83. The zero-order valence-electron chi connectivity index (χ0n) is 14.9. The molecule has 0 bridgehead atoms. The van der Waals surface area contributed by atoms with Gasteiger partial charge in [-0.3, -0.25) is 4.79 Å². The van der Waals surface area contributed by atoms with Crippen molar-refractivity contribution in [2.45, 2.75) is 39.5 Å². The van der Waals surface area contributed by atoms with E-state index in [1.165, 1.54) is 7.11 Å². The maximum atomic E-state index is 13.0. The van der Waals surface area contributed by atoms with Gasteiger partial charge in [0.05, 0.1) is 12.7 Å². The van der Waals surface area contributed by atoms with E-state index in [0.29, 0.717) is 22.6 Å². The molecule has 1 N–H and O–H groups in total. The summed E-state index contributed by atoms with van der Waals surface area (Å²) in [5.41, 5.74) is 3.47. The number of halogens is 1. The lowest BCUT2D eigenvalue weighted by Gasteiger charge is -2.39. The van der Waals surface area contributed by atoms with Crippen molar-refractivity contribution in [3.63, 3.8) is 0 Å². The summed E-state index contributed by atoms with van der Waals surface area (Å²) in [6.07, 6.45) is 1.22.